The predicted octanol–water partition coefficient (Wildman–Crippen LogP) is 0.578. The molecule has 1 aromatic rings. The van der Waals surface area contributed by atoms with Crippen molar-refractivity contribution in [2.45, 2.75) is 19.8 Å². The summed E-state index contributed by atoms with van der Waals surface area (Å²) < 4.78 is 0. The fraction of sp³-hybridized carbons (Fsp3) is 0.562. The Labute approximate surface area is 131 Å². The third-order valence-electron chi connectivity index (χ3n) is 4.04. The highest BCUT2D eigenvalue weighted by atomic mass is 16.2. The van der Waals surface area contributed by atoms with Gasteiger partial charge in [-0.15, -0.1) is 0 Å². The second kappa shape index (κ2) is 7.89. The second-order valence-electron chi connectivity index (χ2n) is 5.85. The Morgan fingerprint density at radius 3 is 2.68 bits per heavy atom. The van der Waals surface area contributed by atoms with Crippen molar-refractivity contribution in [1.82, 2.24) is 20.5 Å². The number of carbonyl (C=O) groups is 2. The molecule has 2 heterocycles. The molecule has 0 bridgehead atoms. The van der Waals surface area contributed by atoms with Gasteiger partial charge in [0.25, 0.3) is 5.91 Å². The van der Waals surface area contributed by atoms with Gasteiger partial charge >= 0.3 is 0 Å². The predicted molar refractivity (Wildman–Crippen MR) is 84.5 cm³/mol. The van der Waals surface area contributed by atoms with Crippen molar-refractivity contribution in [2.24, 2.45) is 5.92 Å². The average Bonchev–Trinajstić information content (AvgIpc) is 2.53. The van der Waals surface area contributed by atoms with Crippen molar-refractivity contribution in [3.8, 4) is 0 Å². The van der Waals surface area contributed by atoms with Crippen molar-refractivity contribution in [3.05, 3.63) is 29.6 Å². The molecule has 1 aromatic heterocycles. The zero-order valence-electron chi connectivity index (χ0n) is 13.3. The van der Waals surface area contributed by atoms with Crippen LogP contribution in [-0.2, 0) is 4.79 Å². The molecule has 1 fully saturated rings. The SMILES string of the molecule is CNC(=O)CN1CCC(CNC(=O)c2cncc(C)c2)CC1. The molecule has 1 saturated heterocycles. The van der Waals surface area contributed by atoms with Crippen LogP contribution in [0.5, 0.6) is 0 Å². The summed E-state index contributed by atoms with van der Waals surface area (Å²) in [6.07, 6.45) is 5.33. The Morgan fingerprint density at radius 1 is 1.32 bits per heavy atom. The third-order valence-corrected chi connectivity index (χ3v) is 4.04. The molecule has 120 valence electrons. The topological polar surface area (TPSA) is 74.3 Å². The van der Waals surface area contributed by atoms with Gasteiger partial charge in [-0.25, -0.2) is 0 Å². The number of pyridine rings is 1. The Kier molecular flexibility index (Phi) is 5.89. The van der Waals surface area contributed by atoms with E-state index < -0.39 is 0 Å². The first-order valence-corrected chi connectivity index (χ1v) is 7.71. The minimum Gasteiger partial charge on any atom is -0.358 e. The summed E-state index contributed by atoms with van der Waals surface area (Å²) in [7, 11) is 1.66. The van der Waals surface area contributed by atoms with Crippen molar-refractivity contribution in [3.63, 3.8) is 0 Å². The number of hydrogen-bond acceptors (Lipinski definition) is 4. The summed E-state index contributed by atoms with van der Waals surface area (Å²) in [6, 6.07) is 1.84. The number of rotatable bonds is 5. The van der Waals surface area contributed by atoms with Crippen LogP contribution in [0.4, 0.5) is 0 Å². The highest BCUT2D eigenvalue weighted by molar-refractivity contribution is 5.93. The van der Waals surface area contributed by atoms with E-state index >= 15 is 0 Å². The van der Waals surface area contributed by atoms with Crippen LogP contribution in [0, 0.1) is 12.8 Å². The fourth-order valence-electron chi connectivity index (χ4n) is 2.65. The third kappa shape index (κ3) is 4.80. The van der Waals surface area contributed by atoms with Gasteiger partial charge in [0.15, 0.2) is 0 Å². The van der Waals surface area contributed by atoms with Crippen LogP contribution < -0.4 is 10.6 Å². The van der Waals surface area contributed by atoms with E-state index in [0.29, 0.717) is 24.6 Å². The number of hydrogen-bond donors (Lipinski definition) is 2. The second-order valence-corrected chi connectivity index (χ2v) is 5.85. The van der Waals surface area contributed by atoms with Gasteiger partial charge in [-0.05, 0) is 50.4 Å². The first-order chi connectivity index (χ1) is 10.6. The van der Waals surface area contributed by atoms with Gasteiger partial charge in [-0.3, -0.25) is 19.5 Å². The highest BCUT2D eigenvalue weighted by Gasteiger charge is 2.21. The molecular formula is C16H24N4O2. The molecule has 2 rings (SSSR count). The number of aryl methyl sites for hydroxylation is 1. The molecule has 6 nitrogen and oxygen atoms in total. The molecule has 1 aliphatic rings. The lowest BCUT2D eigenvalue weighted by molar-refractivity contribution is -0.122. The number of amides is 2. The highest BCUT2D eigenvalue weighted by Crippen LogP contribution is 2.16. The van der Waals surface area contributed by atoms with E-state index in [0.717, 1.165) is 31.5 Å². The summed E-state index contributed by atoms with van der Waals surface area (Å²) in [5.74, 6) is 0.463. The average molecular weight is 304 g/mol. The van der Waals surface area contributed by atoms with Gasteiger partial charge in [0.2, 0.25) is 5.91 Å². The van der Waals surface area contributed by atoms with Crippen LogP contribution in [0.15, 0.2) is 18.5 Å². The molecule has 0 spiro atoms. The van der Waals surface area contributed by atoms with E-state index in [-0.39, 0.29) is 11.8 Å². The number of carbonyl (C=O) groups excluding carboxylic acids is 2. The minimum atomic E-state index is -0.0657. The largest absolute Gasteiger partial charge is 0.358 e. The normalized spacial score (nSPS) is 16.3. The first kappa shape index (κ1) is 16.4. The van der Waals surface area contributed by atoms with E-state index in [1.54, 1.807) is 19.4 Å². The molecule has 0 aromatic carbocycles. The van der Waals surface area contributed by atoms with Gasteiger partial charge in [-0.2, -0.15) is 0 Å². The standard InChI is InChI=1S/C16H24N4O2/c1-12-7-14(10-18-8-12)16(22)19-9-13-3-5-20(6-4-13)11-15(21)17-2/h7-8,10,13H,3-6,9,11H2,1-2H3,(H,17,21)(H,19,22). The smallest absolute Gasteiger partial charge is 0.252 e. The lowest BCUT2D eigenvalue weighted by Gasteiger charge is -2.31. The maximum absolute atomic E-state index is 12.1. The van der Waals surface area contributed by atoms with Crippen molar-refractivity contribution >= 4 is 11.8 Å². The van der Waals surface area contributed by atoms with E-state index in [9.17, 15) is 9.59 Å². The molecule has 0 unspecified atom stereocenters. The monoisotopic (exact) mass is 304 g/mol. The maximum Gasteiger partial charge on any atom is 0.252 e. The molecule has 2 amide bonds. The molecule has 6 heteroatoms. The van der Waals surface area contributed by atoms with Crippen LogP contribution in [-0.4, -0.2) is 54.9 Å². The Morgan fingerprint density at radius 2 is 2.05 bits per heavy atom. The number of nitrogens with zero attached hydrogens (tertiary/aromatic N) is 2. The van der Waals surface area contributed by atoms with Crippen molar-refractivity contribution in [2.75, 3.05) is 33.2 Å². The Bertz CT molecular complexity index is 525. The Balaban J connectivity index is 1.72. The molecular weight excluding hydrogens is 280 g/mol. The number of nitrogens with one attached hydrogen (secondary N) is 2. The zero-order valence-corrected chi connectivity index (χ0v) is 13.3. The van der Waals surface area contributed by atoms with Gasteiger partial charge in [0, 0.05) is 26.0 Å². The van der Waals surface area contributed by atoms with E-state index in [1.807, 2.05) is 13.0 Å². The summed E-state index contributed by atoms with van der Waals surface area (Å²) in [4.78, 5) is 29.6. The first-order valence-electron chi connectivity index (χ1n) is 7.71. The van der Waals surface area contributed by atoms with Crippen molar-refractivity contribution in [1.29, 1.82) is 0 Å². The fourth-order valence-corrected chi connectivity index (χ4v) is 2.65. The molecule has 2 N–H and O–H groups in total. The van der Waals surface area contributed by atoms with Gasteiger partial charge < -0.3 is 10.6 Å². The minimum absolute atomic E-state index is 0.0544. The number of piperidine rings is 1. The van der Waals surface area contributed by atoms with Crippen LogP contribution >= 0.6 is 0 Å². The molecule has 22 heavy (non-hydrogen) atoms. The maximum atomic E-state index is 12.1. The van der Waals surface area contributed by atoms with Crippen LogP contribution in [0.1, 0.15) is 28.8 Å². The molecule has 0 radical (unpaired) electrons. The number of likely N-dealkylation sites (N-methyl/N-ethyl adjacent to an activating group) is 1. The van der Waals surface area contributed by atoms with Crippen LogP contribution in [0.25, 0.3) is 0 Å². The lowest BCUT2D eigenvalue weighted by Crippen LogP contribution is -2.42. The molecule has 0 atom stereocenters. The number of likely N-dealkylation sites (tertiary alicyclic amines) is 1. The lowest BCUT2D eigenvalue weighted by atomic mass is 9.96. The summed E-state index contributed by atoms with van der Waals surface area (Å²) >= 11 is 0. The van der Waals surface area contributed by atoms with E-state index in [2.05, 4.69) is 20.5 Å². The van der Waals surface area contributed by atoms with Gasteiger partial charge in [0.1, 0.15) is 0 Å². The van der Waals surface area contributed by atoms with Gasteiger partial charge in [0.05, 0.1) is 12.1 Å². The number of aromatic nitrogens is 1. The Hall–Kier alpha value is -1.95. The van der Waals surface area contributed by atoms with E-state index in [1.165, 1.54) is 0 Å². The van der Waals surface area contributed by atoms with Crippen LogP contribution in [0.3, 0.4) is 0 Å². The van der Waals surface area contributed by atoms with Crippen molar-refractivity contribution < 1.29 is 9.59 Å². The van der Waals surface area contributed by atoms with E-state index in [4.69, 9.17) is 0 Å². The molecule has 0 aliphatic carbocycles. The van der Waals surface area contributed by atoms with Gasteiger partial charge in [-0.1, -0.05) is 0 Å². The summed E-state index contributed by atoms with van der Waals surface area (Å²) in [5.41, 5.74) is 1.59. The quantitative estimate of drug-likeness (QED) is 0.834. The summed E-state index contributed by atoms with van der Waals surface area (Å²) in [5, 5.41) is 5.63. The zero-order chi connectivity index (χ0) is 15.9. The molecule has 1 aliphatic heterocycles. The summed E-state index contributed by atoms with van der Waals surface area (Å²) in [6.45, 7) is 4.87. The molecule has 0 saturated carbocycles. The van der Waals surface area contributed by atoms with Crippen LogP contribution in [0.2, 0.25) is 0 Å².